The van der Waals surface area contributed by atoms with Gasteiger partial charge in [0.15, 0.2) is 0 Å². The zero-order valence-electron chi connectivity index (χ0n) is 33.9. The van der Waals surface area contributed by atoms with E-state index < -0.39 is 0 Å². The normalized spacial score (nSPS) is 11.7. The van der Waals surface area contributed by atoms with Gasteiger partial charge < -0.3 is 9.64 Å². The number of rotatable bonds is 7. The van der Waals surface area contributed by atoms with Crippen LogP contribution in [-0.4, -0.2) is 0 Å². The molecule has 0 amide bonds. The van der Waals surface area contributed by atoms with Crippen LogP contribution in [0.4, 0.5) is 17.1 Å². The Balaban J connectivity index is 1.06. The molecule has 0 spiro atoms. The van der Waals surface area contributed by atoms with Crippen LogP contribution >= 0.6 is 0 Å². The maximum atomic E-state index is 6.50. The minimum Gasteiger partial charge on any atom is -0.456 e. The standard InChI is InChI=1S/C60H39NO/c1-2-15-41(16-3-1)50-27-12-19-43-20-13-28-54(59(43)50)51-24-6-8-31-56(51)61(45-35-33-42(34-36-45)48-26-11-18-40-17-4-5-23-47(40)48)46-22-10-21-44(39-46)49-37-38-58-60-53(49)29-14-30-55(60)52-25-7-9-32-57(52)62-58/h1-39H. The van der Waals surface area contributed by atoms with Gasteiger partial charge in [0.1, 0.15) is 11.5 Å². The summed E-state index contributed by atoms with van der Waals surface area (Å²) in [5, 5.41) is 7.24. The van der Waals surface area contributed by atoms with E-state index in [-0.39, 0.29) is 0 Å². The van der Waals surface area contributed by atoms with Crippen LogP contribution in [0.2, 0.25) is 0 Å². The largest absolute Gasteiger partial charge is 0.456 e. The lowest BCUT2D eigenvalue weighted by molar-refractivity contribution is 0.487. The van der Waals surface area contributed by atoms with E-state index in [0.717, 1.165) is 56.2 Å². The molecule has 2 nitrogen and oxygen atoms in total. The van der Waals surface area contributed by atoms with Crippen molar-refractivity contribution in [3.05, 3.63) is 237 Å². The number of hydrogen-bond donors (Lipinski definition) is 0. The Labute approximate surface area is 361 Å². The van der Waals surface area contributed by atoms with Gasteiger partial charge in [0.25, 0.3) is 0 Å². The first-order valence-electron chi connectivity index (χ1n) is 21.3. The van der Waals surface area contributed by atoms with Gasteiger partial charge in [0, 0.05) is 27.9 Å². The summed E-state index contributed by atoms with van der Waals surface area (Å²) in [6, 6.07) is 85.5. The van der Waals surface area contributed by atoms with E-state index in [1.165, 1.54) is 60.3 Å². The molecule has 1 heterocycles. The van der Waals surface area contributed by atoms with Crippen molar-refractivity contribution < 1.29 is 4.74 Å². The molecule has 11 aromatic rings. The first-order chi connectivity index (χ1) is 30.8. The van der Waals surface area contributed by atoms with Crippen LogP contribution in [0.3, 0.4) is 0 Å². The summed E-state index contributed by atoms with van der Waals surface area (Å²) in [6.07, 6.45) is 0. The van der Waals surface area contributed by atoms with Crippen molar-refractivity contribution in [2.45, 2.75) is 0 Å². The van der Waals surface area contributed by atoms with E-state index in [4.69, 9.17) is 4.74 Å². The van der Waals surface area contributed by atoms with Crippen molar-refractivity contribution in [1.29, 1.82) is 0 Å². The molecule has 1 aliphatic heterocycles. The van der Waals surface area contributed by atoms with Crippen molar-refractivity contribution in [3.63, 3.8) is 0 Å². The van der Waals surface area contributed by atoms with Gasteiger partial charge in [-0.2, -0.15) is 0 Å². The van der Waals surface area contributed by atoms with Crippen molar-refractivity contribution in [3.8, 4) is 67.1 Å². The third-order valence-electron chi connectivity index (χ3n) is 12.5. The number of nitrogens with zero attached hydrogens (tertiary/aromatic N) is 1. The van der Waals surface area contributed by atoms with E-state index in [1.54, 1.807) is 0 Å². The number of fused-ring (bicyclic) bond motifs is 4. The molecule has 0 unspecified atom stereocenters. The van der Waals surface area contributed by atoms with Crippen LogP contribution < -0.4 is 9.64 Å². The van der Waals surface area contributed by atoms with Crippen LogP contribution in [0.5, 0.6) is 11.5 Å². The second kappa shape index (κ2) is 14.8. The third-order valence-corrected chi connectivity index (χ3v) is 12.5. The summed E-state index contributed by atoms with van der Waals surface area (Å²) in [5.41, 5.74) is 15.0. The van der Waals surface area contributed by atoms with Gasteiger partial charge >= 0.3 is 0 Å². The lowest BCUT2D eigenvalue weighted by atomic mass is 9.90. The lowest BCUT2D eigenvalue weighted by Gasteiger charge is -2.29. The Morgan fingerprint density at radius 2 is 0.839 bits per heavy atom. The van der Waals surface area contributed by atoms with Crippen molar-refractivity contribution in [2.75, 3.05) is 4.90 Å². The van der Waals surface area contributed by atoms with E-state index in [0.29, 0.717) is 0 Å². The van der Waals surface area contributed by atoms with E-state index in [9.17, 15) is 0 Å². The molecule has 290 valence electrons. The molecule has 0 N–H and O–H groups in total. The van der Waals surface area contributed by atoms with Crippen molar-refractivity contribution in [1.82, 2.24) is 0 Å². The Hall–Kier alpha value is -8.20. The Kier molecular flexibility index (Phi) is 8.53. The molecule has 0 bridgehead atoms. The highest BCUT2D eigenvalue weighted by Gasteiger charge is 2.23. The van der Waals surface area contributed by atoms with Crippen LogP contribution in [0.15, 0.2) is 237 Å². The summed E-state index contributed by atoms with van der Waals surface area (Å²) < 4.78 is 6.50. The monoisotopic (exact) mass is 789 g/mol. The molecule has 0 saturated heterocycles. The van der Waals surface area contributed by atoms with E-state index in [1.807, 2.05) is 6.07 Å². The fourth-order valence-corrected chi connectivity index (χ4v) is 9.66. The first kappa shape index (κ1) is 35.7. The molecule has 62 heavy (non-hydrogen) atoms. The zero-order chi connectivity index (χ0) is 41.0. The highest BCUT2D eigenvalue weighted by atomic mass is 16.5. The first-order valence-corrected chi connectivity index (χ1v) is 21.3. The highest BCUT2D eigenvalue weighted by molar-refractivity contribution is 6.11. The van der Waals surface area contributed by atoms with Gasteiger partial charge in [-0.3, -0.25) is 0 Å². The number of ether oxygens (including phenoxy) is 1. The maximum Gasteiger partial charge on any atom is 0.135 e. The number of hydrogen-bond acceptors (Lipinski definition) is 2. The maximum absolute atomic E-state index is 6.50. The summed E-state index contributed by atoms with van der Waals surface area (Å²) in [6.45, 7) is 0. The van der Waals surface area contributed by atoms with Crippen LogP contribution in [0.25, 0.3) is 88.0 Å². The van der Waals surface area contributed by atoms with Crippen molar-refractivity contribution in [2.24, 2.45) is 0 Å². The second-order valence-corrected chi connectivity index (χ2v) is 16.0. The molecular formula is C60H39NO. The molecule has 0 fully saturated rings. The van der Waals surface area contributed by atoms with Gasteiger partial charge in [0.05, 0.1) is 5.69 Å². The molecule has 0 aromatic heterocycles. The molecule has 11 aromatic carbocycles. The Bertz CT molecular complexity index is 3490. The topological polar surface area (TPSA) is 12.5 Å². The summed E-state index contributed by atoms with van der Waals surface area (Å²) in [5.74, 6) is 1.78. The minimum atomic E-state index is 0.890. The fourth-order valence-electron chi connectivity index (χ4n) is 9.66. The molecule has 2 heteroatoms. The lowest BCUT2D eigenvalue weighted by Crippen LogP contribution is -2.11. The van der Waals surface area contributed by atoms with Crippen molar-refractivity contribution >= 4 is 49.4 Å². The predicted octanol–water partition coefficient (Wildman–Crippen LogP) is 17.1. The Morgan fingerprint density at radius 1 is 0.274 bits per heavy atom. The highest BCUT2D eigenvalue weighted by Crippen LogP contribution is 2.50. The van der Waals surface area contributed by atoms with Gasteiger partial charge in [-0.05, 0) is 114 Å². The molecule has 1 aliphatic rings. The average Bonchev–Trinajstić information content (AvgIpc) is 3.34. The molecule has 0 atom stereocenters. The number of para-hydroxylation sites is 2. The quantitative estimate of drug-likeness (QED) is 0.159. The molecule has 0 radical (unpaired) electrons. The summed E-state index contributed by atoms with van der Waals surface area (Å²) in [7, 11) is 0. The van der Waals surface area contributed by atoms with E-state index >= 15 is 0 Å². The third kappa shape index (κ3) is 5.96. The Morgan fingerprint density at radius 3 is 1.69 bits per heavy atom. The van der Waals surface area contributed by atoms with Crippen LogP contribution in [0, 0.1) is 0 Å². The van der Waals surface area contributed by atoms with Gasteiger partial charge in [-0.1, -0.05) is 194 Å². The van der Waals surface area contributed by atoms with Gasteiger partial charge in [0.2, 0.25) is 0 Å². The molecule has 0 saturated carbocycles. The number of benzene rings is 11. The van der Waals surface area contributed by atoms with Gasteiger partial charge in [-0.15, -0.1) is 0 Å². The average molecular weight is 790 g/mol. The second-order valence-electron chi connectivity index (χ2n) is 16.0. The molecule has 12 rings (SSSR count). The minimum absolute atomic E-state index is 0.890. The summed E-state index contributed by atoms with van der Waals surface area (Å²) in [4.78, 5) is 2.43. The molecule has 0 aliphatic carbocycles. The summed E-state index contributed by atoms with van der Waals surface area (Å²) >= 11 is 0. The SMILES string of the molecule is c1ccc(-c2cccc3cccc(-c4ccccc4N(c4ccc(-c5cccc6ccccc56)cc4)c4cccc(-c5ccc6c7c(cccc57)-c5ccccc5O6)c4)c23)cc1. The van der Waals surface area contributed by atoms with E-state index in [2.05, 4.69) is 235 Å². The predicted molar refractivity (Wildman–Crippen MR) is 261 cm³/mol. The fraction of sp³-hybridized carbons (Fsp3) is 0. The molecular weight excluding hydrogens is 751 g/mol. The van der Waals surface area contributed by atoms with Crippen LogP contribution in [0.1, 0.15) is 0 Å². The van der Waals surface area contributed by atoms with Gasteiger partial charge in [-0.25, -0.2) is 0 Å². The smallest absolute Gasteiger partial charge is 0.135 e. The zero-order valence-corrected chi connectivity index (χ0v) is 33.9. The number of anilines is 3. The van der Waals surface area contributed by atoms with Crippen LogP contribution in [-0.2, 0) is 0 Å².